The predicted octanol–water partition coefficient (Wildman–Crippen LogP) is 3.26. The molecule has 1 unspecified atom stereocenters. The van der Waals surface area contributed by atoms with E-state index in [0.717, 1.165) is 16.3 Å². The second-order valence-electron chi connectivity index (χ2n) is 12.0. The van der Waals surface area contributed by atoms with E-state index in [1.165, 1.54) is 34.1 Å². The molecule has 49 heavy (non-hydrogen) atoms. The number of piperazine rings is 1. The molecule has 262 valence electrons. The molecule has 1 fully saturated rings. The molecule has 1 N–H and O–H groups in total. The van der Waals surface area contributed by atoms with E-state index in [0.29, 0.717) is 0 Å². The molecule has 1 atom stereocenters. The van der Waals surface area contributed by atoms with Crippen LogP contribution in [0.5, 0.6) is 5.88 Å². The maximum Gasteiger partial charge on any atom is 0.409 e. The van der Waals surface area contributed by atoms with Crippen molar-refractivity contribution in [2.45, 2.75) is 52.4 Å². The Morgan fingerprint density at radius 2 is 1.59 bits per heavy atom. The molecule has 15 heteroatoms. The number of nitrogens with one attached hydrogen (secondary N) is 1. The van der Waals surface area contributed by atoms with Crippen molar-refractivity contribution in [3.05, 3.63) is 77.7 Å². The third-order valence-corrected chi connectivity index (χ3v) is 7.05. The van der Waals surface area contributed by atoms with E-state index in [2.05, 4.69) is 10.4 Å². The molecule has 0 spiro atoms. The van der Waals surface area contributed by atoms with E-state index >= 15 is 0 Å². The fourth-order valence-electron chi connectivity index (χ4n) is 4.81. The summed E-state index contributed by atoms with van der Waals surface area (Å²) in [5.41, 5.74) is -0.132. The fraction of sp³-hybridized carbons (Fsp3) is 0.412. The Labute approximate surface area is 283 Å². The minimum atomic E-state index is -1.35. The molecule has 3 aromatic rings. The molecule has 3 amide bonds. The second kappa shape index (κ2) is 16.6. The van der Waals surface area contributed by atoms with Crippen molar-refractivity contribution >= 4 is 29.8 Å². The van der Waals surface area contributed by atoms with Crippen molar-refractivity contribution in [1.29, 1.82) is 0 Å². The van der Waals surface area contributed by atoms with Gasteiger partial charge >= 0.3 is 18.0 Å². The normalized spacial score (nSPS) is 13.7. The standard InChI is InChI=1S/C34H40FN5O9/c1-5-46-33(45)39-16-14-38(15-17-39)32(44)27(20-29(41)49-34(2,3)4)36-31(43)26-19-28(40(37-26)25-13-9-12-24(35)18-25)47-22-30(42)48-21-23-10-7-6-8-11-23/h6-13,18-19,27H,5,14-17,20-22H2,1-4H3,(H,36,43). The Hall–Kier alpha value is -5.47. The predicted molar refractivity (Wildman–Crippen MR) is 172 cm³/mol. The number of carbonyl (C=O) groups is 5. The van der Waals surface area contributed by atoms with Gasteiger partial charge in [-0.15, -0.1) is 0 Å². The van der Waals surface area contributed by atoms with Crippen LogP contribution in [0.3, 0.4) is 0 Å². The van der Waals surface area contributed by atoms with Crippen LogP contribution < -0.4 is 10.1 Å². The van der Waals surface area contributed by atoms with Gasteiger partial charge in [0.05, 0.1) is 18.7 Å². The van der Waals surface area contributed by atoms with Crippen molar-refractivity contribution in [2.75, 3.05) is 39.4 Å². The number of aromatic nitrogens is 2. The molecule has 1 aliphatic heterocycles. The number of ether oxygens (including phenoxy) is 4. The van der Waals surface area contributed by atoms with Gasteiger partial charge in [0.2, 0.25) is 11.8 Å². The first-order valence-corrected chi connectivity index (χ1v) is 15.7. The molecule has 1 saturated heterocycles. The molecule has 14 nitrogen and oxygen atoms in total. The Kier molecular flexibility index (Phi) is 12.3. The van der Waals surface area contributed by atoms with Crippen molar-refractivity contribution in [2.24, 2.45) is 0 Å². The third-order valence-electron chi connectivity index (χ3n) is 7.05. The topological polar surface area (TPSA) is 159 Å². The Bertz CT molecular complexity index is 1630. The number of hydrogen-bond acceptors (Lipinski definition) is 10. The van der Waals surface area contributed by atoms with Crippen LogP contribution in [0, 0.1) is 5.82 Å². The van der Waals surface area contributed by atoms with Crippen molar-refractivity contribution in [1.82, 2.24) is 24.9 Å². The largest absolute Gasteiger partial charge is 0.466 e. The summed E-state index contributed by atoms with van der Waals surface area (Å²) in [7, 11) is 0. The summed E-state index contributed by atoms with van der Waals surface area (Å²) in [4.78, 5) is 67.6. The quantitative estimate of drug-likeness (QED) is 0.222. The summed E-state index contributed by atoms with van der Waals surface area (Å²) in [6, 6.07) is 14.2. The van der Waals surface area contributed by atoms with E-state index < -0.39 is 60.3 Å². The number of carbonyl (C=O) groups excluding carboxylic acids is 5. The zero-order valence-electron chi connectivity index (χ0n) is 27.8. The van der Waals surface area contributed by atoms with E-state index in [1.54, 1.807) is 39.8 Å². The van der Waals surface area contributed by atoms with Gasteiger partial charge in [0.1, 0.15) is 24.1 Å². The van der Waals surface area contributed by atoms with Crippen molar-refractivity contribution < 1.29 is 47.3 Å². The van der Waals surface area contributed by atoms with Gasteiger partial charge in [-0.1, -0.05) is 36.4 Å². The Morgan fingerprint density at radius 1 is 0.898 bits per heavy atom. The van der Waals surface area contributed by atoms with Crippen LogP contribution in [-0.2, 0) is 35.2 Å². The van der Waals surface area contributed by atoms with Crippen LogP contribution in [0.1, 0.15) is 50.2 Å². The molecule has 2 heterocycles. The molecular formula is C34H40FN5O9. The summed E-state index contributed by atoms with van der Waals surface area (Å²) in [6.45, 7) is 7.08. The molecule has 1 aromatic heterocycles. The van der Waals surface area contributed by atoms with E-state index in [4.69, 9.17) is 18.9 Å². The smallest absolute Gasteiger partial charge is 0.409 e. The summed E-state index contributed by atoms with van der Waals surface area (Å²) in [6.07, 6.45) is -0.981. The second-order valence-corrected chi connectivity index (χ2v) is 12.0. The molecule has 1 aliphatic rings. The maximum atomic E-state index is 14.2. The summed E-state index contributed by atoms with van der Waals surface area (Å²) >= 11 is 0. The summed E-state index contributed by atoms with van der Waals surface area (Å²) < 4.78 is 36.7. The van der Waals surface area contributed by atoms with Crippen LogP contribution in [0.25, 0.3) is 5.69 Å². The number of amides is 3. The Morgan fingerprint density at radius 3 is 2.24 bits per heavy atom. The first-order valence-electron chi connectivity index (χ1n) is 15.7. The maximum absolute atomic E-state index is 14.2. The van der Waals surface area contributed by atoms with Crippen LogP contribution in [0.4, 0.5) is 9.18 Å². The van der Waals surface area contributed by atoms with Crippen LogP contribution in [-0.4, -0.2) is 100 Å². The van der Waals surface area contributed by atoms with Gasteiger partial charge in [-0.05, 0) is 51.5 Å². The van der Waals surface area contributed by atoms with Crippen molar-refractivity contribution in [3.8, 4) is 11.6 Å². The van der Waals surface area contributed by atoms with Gasteiger partial charge in [-0.2, -0.15) is 5.10 Å². The van der Waals surface area contributed by atoms with Crippen LogP contribution >= 0.6 is 0 Å². The Balaban J connectivity index is 1.52. The monoisotopic (exact) mass is 681 g/mol. The number of benzene rings is 2. The molecular weight excluding hydrogens is 641 g/mol. The van der Waals surface area contributed by atoms with Gasteiger partial charge in [-0.25, -0.2) is 18.7 Å². The molecule has 0 radical (unpaired) electrons. The van der Waals surface area contributed by atoms with Gasteiger partial charge in [0.25, 0.3) is 5.91 Å². The van der Waals surface area contributed by atoms with E-state index in [-0.39, 0.29) is 56.7 Å². The lowest BCUT2D eigenvalue weighted by Gasteiger charge is -2.35. The number of hydrogen-bond donors (Lipinski definition) is 1. The highest BCUT2D eigenvalue weighted by atomic mass is 19.1. The fourth-order valence-corrected chi connectivity index (χ4v) is 4.81. The average Bonchev–Trinajstić information content (AvgIpc) is 3.50. The SMILES string of the molecule is CCOC(=O)N1CCN(C(=O)C(CC(=O)OC(C)(C)C)NC(=O)c2cc(OCC(=O)OCc3ccccc3)n(-c3cccc(F)c3)n2)CC1. The molecule has 0 saturated carbocycles. The summed E-state index contributed by atoms with van der Waals surface area (Å²) in [5, 5.41) is 6.84. The minimum Gasteiger partial charge on any atom is -0.466 e. The molecule has 4 rings (SSSR count). The van der Waals surface area contributed by atoms with E-state index in [9.17, 15) is 28.4 Å². The number of rotatable bonds is 12. The number of nitrogens with zero attached hydrogens (tertiary/aromatic N) is 4. The van der Waals surface area contributed by atoms with Crippen LogP contribution in [0.2, 0.25) is 0 Å². The summed E-state index contributed by atoms with van der Waals surface area (Å²) in [5.74, 6) is -3.51. The van der Waals surface area contributed by atoms with Gasteiger partial charge in [0, 0.05) is 32.2 Å². The van der Waals surface area contributed by atoms with Gasteiger partial charge in [0.15, 0.2) is 12.3 Å². The van der Waals surface area contributed by atoms with Crippen LogP contribution in [0.15, 0.2) is 60.7 Å². The van der Waals surface area contributed by atoms with Gasteiger partial charge < -0.3 is 34.1 Å². The lowest BCUT2D eigenvalue weighted by molar-refractivity contribution is -0.157. The highest BCUT2D eigenvalue weighted by Crippen LogP contribution is 2.21. The van der Waals surface area contributed by atoms with Crippen molar-refractivity contribution in [3.63, 3.8) is 0 Å². The lowest BCUT2D eigenvalue weighted by atomic mass is 10.1. The number of halogens is 1. The van der Waals surface area contributed by atoms with Gasteiger partial charge in [-0.3, -0.25) is 14.4 Å². The zero-order valence-corrected chi connectivity index (χ0v) is 27.8. The average molecular weight is 682 g/mol. The number of esters is 2. The zero-order chi connectivity index (χ0) is 35.6. The highest BCUT2D eigenvalue weighted by molar-refractivity contribution is 5.97. The first kappa shape index (κ1) is 36.4. The van der Waals surface area contributed by atoms with E-state index in [1.807, 2.05) is 18.2 Å². The molecule has 2 aromatic carbocycles. The highest BCUT2D eigenvalue weighted by Gasteiger charge is 2.34. The lowest BCUT2D eigenvalue weighted by Crippen LogP contribution is -2.56. The molecule has 0 bridgehead atoms. The third kappa shape index (κ3) is 10.8. The minimum absolute atomic E-state index is 0.0186. The first-order chi connectivity index (χ1) is 23.3. The molecule has 0 aliphatic carbocycles.